The molecule has 110 valence electrons. The van der Waals surface area contributed by atoms with Crippen molar-refractivity contribution in [1.82, 2.24) is 0 Å². The van der Waals surface area contributed by atoms with E-state index < -0.39 is 16.6 Å². The number of carbonyl (C=O) groups excluding carboxylic acids is 1. The summed E-state index contributed by atoms with van der Waals surface area (Å²) in [5.41, 5.74) is -0.264. The fourth-order valence-corrected chi connectivity index (χ4v) is 1.55. The summed E-state index contributed by atoms with van der Waals surface area (Å²) >= 11 is 5.88. The van der Waals surface area contributed by atoms with Crippen LogP contribution in [0.4, 0.5) is 21.9 Å². The number of hydrogen-bond donors (Lipinski definition) is 1. The molecule has 1 aromatic rings. The second-order valence-electron chi connectivity index (χ2n) is 4.97. The van der Waals surface area contributed by atoms with E-state index in [0.717, 1.165) is 4.42 Å². The first-order valence-electron chi connectivity index (χ1n) is 5.81. The van der Waals surface area contributed by atoms with Gasteiger partial charge in [0.2, 0.25) is 0 Å². The summed E-state index contributed by atoms with van der Waals surface area (Å²) in [5.74, 6) is 0. The zero-order valence-electron chi connectivity index (χ0n) is 11.6. The molecule has 20 heavy (non-hydrogen) atoms. The molecule has 0 aliphatic heterocycles. The highest BCUT2D eigenvalue weighted by atomic mass is 35.5. The van der Waals surface area contributed by atoms with Crippen LogP contribution in [-0.2, 0) is 4.74 Å². The van der Waals surface area contributed by atoms with Crippen molar-refractivity contribution >= 4 is 34.9 Å². The molecule has 0 bridgehead atoms. The number of benzene rings is 1. The number of nitro benzene ring substituents is 1. The van der Waals surface area contributed by atoms with E-state index in [-0.39, 0.29) is 17.1 Å². The van der Waals surface area contributed by atoms with E-state index in [2.05, 4.69) is 5.32 Å². The Morgan fingerprint density at radius 3 is 2.50 bits per heavy atom. The van der Waals surface area contributed by atoms with Crippen LogP contribution in [0.2, 0.25) is 0 Å². The summed E-state index contributed by atoms with van der Waals surface area (Å²) in [5, 5.41) is 13.5. The van der Waals surface area contributed by atoms with E-state index in [4.69, 9.17) is 16.5 Å². The SMILES string of the molecule is CNc1cc(N(Cl)C(=O)OC(C)(C)C)ccc1[N+](=O)[O-]. The molecule has 0 radical (unpaired) electrons. The molecule has 1 amide bonds. The highest BCUT2D eigenvalue weighted by molar-refractivity contribution is 6.35. The molecule has 0 atom stereocenters. The quantitative estimate of drug-likeness (QED) is 0.524. The molecule has 1 N–H and O–H groups in total. The van der Waals surface area contributed by atoms with Gasteiger partial charge in [0, 0.05) is 24.9 Å². The molecule has 0 unspecified atom stereocenters. The molecule has 0 fully saturated rings. The number of hydrogen-bond acceptors (Lipinski definition) is 5. The minimum Gasteiger partial charge on any atom is -0.443 e. The number of halogens is 1. The molecule has 0 aromatic heterocycles. The number of nitro groups is 1. The van der Waals surface area contributed by atoms with Gasteiger partial charge in [-0.2, -0.15) is 4.42 Å². The van der Waals surface area contributed by atoms with Gasteiger partial charge >= 0.3 is 6.09 Å². The van der Waals surface area contributed by atoms with Crippen molar-refractivity contribution in [2.75, 3.05) is 16.8 Å². The highest BCUT2D eigenvalue weighted by Gasteiger charge is 2.24. The molecule has 0 heterocycles. The maximum atomic E-state index is 11.8. The maximum absolute atomic E-state index is 11.8. The zero-order valence-corrected chi connectivity index (χ0v) is 12.4. The molecule has 0 aliphatic rings. The van der Waals surface area contributed by atoms with Crippen LogP contribution in [-0.4, -0.2) is 23.7 Å². The number of rotatable bonds is 3. The predicted octanol–water partition coefficient (Wildman–Crippen LogP) is 3.53. The van der Waals surface area contributed by atoms with Gasteiger partial charge in [-0.3, -0.25) is 10.1 Å². The third-order valence-corrected chi connectivity index (χ3v) is 2.56. The first kappa shape index (κ1) is 16.0. The lowest BCUT2D eigenvalue weighted by Gasteiger charge is -2.23. The molecule has 0 saturated carbocycles. The van der Waals surface area contributed by atoms with E-state index in [0.29, 0.717) is 0 Å². The monoisotopic (exact) mass is 301 g/mol. The number of amides is 1. The van der Waals surface area contributed by atoms with Gasteiger partial charge in [-0.05, 0) is 32.9 Å². The lowest BCUT2D eigenvalue weighted by Crippen LogP contribution is -2.31. The summed E-state index contributed by atoms with van der Waals surface area (Å²) in [6.07, 6.45) is -0.755. The number of anilines is 2. The largest absolute Gasteiger partial charge is 0.443 e. The van der Waals surface area contributed by atoms with Crippen molar-refractivity contribution < 1.29 is 14.5 Å². The normalized spacial score (nSPS) is 10.8. The van der Waals surface area contributed by atoms with Gasteiger partial charge < -0.3 is 10.1 Å². The lowest BCUT2D eigenvalue weighted by atomic mass is 10.2. The van der Waals surface area contributed by atoms with Crippen LogP contribution in [0.25, 0.3) is 0 Å². The van der Waals surface area contributed by atoms with Gasteiger partial charge in [-0.25, -0.2) is 4.79 Å². The van der Waals surface area contributed by atoms with Gasteiger partial charge in [0.25, 0.3) is 5.69 Å². The first-order valence-corrected chi connectivity index (χ1v) is 6.14. The number of ether oxygens (including phenoxy) is 1. The second-order valence-corrected chi connectivity index (χ2v) is 5.31. The zero-order chi connectivity index (χ0) is 15.5. The Hall–Kier alpha value is -2.02. The highest BCUT2D eigenvalue weighted by Crippen LogP contribution is 2.30. The Balaban J connectivity index is 3.02. The van der Waals surface area contributed by atoms with Crippen molar-refractivity contribution in [2.24, 2.45) is 0 Å². The van der Waals surface area contributed by atoms with E-state index in [1.54, 1.807) is 20.8 Å². The van der Waals surface area contributed by atoms with Gasteiger partial charge in [-0.1, -0.05) is 0 Å². The van der Waals surface area contributed by atoms with Gasteiger partial charge in [0.05, 0.1) is 10.6 Å². The topological polar surface area (TPSA) is 84.7 Å². The fourth-order valence-electron chi connectivity index (χ4n) is 1.41. The van der Waals surface area contributed by atoms with E-state index >= 15 is 0 Å². The smallest absolute Gasteiger partial charge is 0.429 e. The summed E-state index contributed by atoms with van der Waals surface area (Å²) in [4.78, 5) is 22.1. The average Bonchev–Trinajstić information content (AvgIpc) is 2.34. The van der Waals surface area contributed by atoms with Crippen molar-refractivity contribution in [2.45, 2.75) is 26.4 Å². The summed E-state index contributed by atoms with van der Waals surface area (Å²) in [7, 11) is 1.54. The van der Waals surface area contributed by atoms with Crippen molar-refractivity contribution in [3.05, 3.63) is 28.3 Å². The number of nitrogens with one attached hydrogen (secondary N) is 1. The summed E-state index contributed by atoms with van der Waals surface area (Å²) < 4.78 is 5.88. The molecule has 0 aliphatic carbocycles. The van der Waals surface area contributed by atoms with E-state index in [1.165, 1.54) is 25.2 Å². The third-order valence-electron chi connectivity index (χ3n) is 2.23. The number of carbonyl (C=O) groups is 1. The Morgan fingerprint density at radius 1 is 1.45 bits per heavy atom. The molecule has 0 saturated heterocycles. The standard InChI is InChI=1S/C12H16ClN3O4/c1-12(2,3)20-11(17)15(13)8-5-6-10(16(18)19)9(7-8)14-4/h5-7,14H,1-4H3. The lowest BCUT2D eigenvalue weighted by molar-refractivity contribution is -0.383. The molecule has 8 heteroatoms. The van der Waals surface area contributed by atoms with Gasteiger partial charge in [0.1, 0.15) is 11.3 Å². The Morgan fingerprint density at radius 2 is 2.05 bits per heavy atom. The van der Waals surface area contributed by atoms with Crippen molar-refractivity contribution in [1.29, 1.82) is 0 Å². The predicted molar refractivity (Wildman–Crippen MR) is 77.2 cm³/mol. The summed E-state index contributed by atoms with van der Waals surface area (Å²) in [6.45, 7) is 5.14. The van der Waals surface area contributed by atoms with Crippen molar-refractivity contribution in [3.8, 4) is 0 Å². The molecule has 7 nitrogen and oxygen atoms in total. The first-order chi connectivity index (χ1) is 9.15. The van der Waals surface area contributed by atoms with E-state index in [9.17, 15) is 14.9 Å². The Bertz CT molecular complexity index is 528. The summed E-state index contributed by atoms with van der Waals surface area (Å²) in [6, 6.07) is 4.03. The van der Waals surface area contributed by atoms with Crippen molar-refractivity contribution in [3.63, 3.8) is 0 Å². The van der Waals surface area contributed by atoms with Crippen LogP contribution in [0.5, 0.6) is 0 Å². The Labute approximate surface area is 121 Å². The van der Waals surface area contributed by atoms with Crippen LogP contribution in [0.1, 0.15) is 20.8 Å². The van der Waals surface area contributed by atoms with Crippen LogP contribution in [0, 0.1) is 10.1 Å². The average molecular weight is 302 g/mol. The molecule has 1 rings (SSSR count). The van der Waals surface area contributed by atoms with Gasteiger partial charge in [0.15, 0.2) is 0 Å². The molecular formula is C12H16ClN3O4. The number of nitrogens with zero attached hydrogens (tertiary/aromatic N) is 2. The maximum Gasteiger partial charge on any atom is 0.429 e. The second kappa shape index (κ2) is 5.96. The van der Waals surface area contributed by atoms with Gasteiger partial charge in [-0.15, -0.1) is 0 Å². The minimum absolute atomic E-state index is 0.106. The van der Waals surface area contributed by atoms with Crippen LogP contribution in [0.3, 0.4) is 0 Å². The molecule has 1 aromatic carbocycles. The minimum atomic E-state index is -0.755. The van der Waals surface area contributed by atoms with E-state index in [1.807, 2.05) is 0 Å². The third kappa shape index (κ3) is 3.99. The fraction of sp³-hybridized carbons (Fsp3) is 0.417. The Kier molecular flexibility index (Phi) is 4.78. The van der Waals surface area contributed by atoms with Crippen LogP contribution < -0.4 is 9.74 Å². The van der Waals surface area contributed by atoms with Crippen LogP contribution >= 0.6 is 11.8 Å². The molecule has 0 spiro atoms. The van der Waals surface area contributed by atoms with Crippen LogP contribution in [0.15, 0.2) is 18.2 Å². The molecular weight excluding hydrogens is 286 g/mol.